The second kappa shape index (κ2) is 6.74. The van der Waals surface area contributed by atoms with Crippen LogP contribution in [0.5, 0.6) is 0 Å². The van der Waals surface area contributed by atoms with Crippen LogP contribution in [-0.2, 0) is 11.2 Å². The molecule has 18 heavy (non-hydrogen) atoms. The number of nitrogens with one attached hydrogen (secondary N) is 1. The largest absolute Gasteiger partial charge is 0.350 e. The highest BCUT2D eigenvalue weighted by molar-refractivity contribution is 6.27. The Kier molecular flexibility index (Phi) is 5.60. The number of halogens is 2. The zero-order valence-corrected chi connectivity index (χ0v) is 11.6. The van der Waals surface area contributed by atoms with Crippen molar-refractivity contribution >= 4 is 17.5 Å². The van der Waals surface area contributed by atoms with E-state index >= 15 is 0 Å². The summed E-state index contributed by atoms with van der Waals surface area (Å²) in [5.41, 5.74) is 0.411. The first kappa shape index (κ1) is 15.0. The number of amides is 1. The molecule has 0 saturated carbocycles. The molecule has 1 amide bonds. The average Bonchev–Trinajstić information content (AvgIpc) is 2.30. The molecule has 0 radical (unpaired) electrons. The Morgan fingerprint density at radius 2 is 2.06 bits per heavy atom. The summed E-state index contributed by atoms with van der Waals surface area (Å²) in [5, 5.41) is 2.84. The fourth-order valence-corrected chi connectivity index (χ4v) is 1.96. The lowest BCUT2D eigenvalue weighted by atomic mass is 9.95. The van der Waals surface area contributed by atoms with Gasteiger partial charge in [0.1, 0.15) is 11.7 Å². The molecular formula is C14H19ClFNO. The van der Waals surface area contributed by atoms with Gasteiger partial charge >= 0.3 is 0 Å². The Bertz CT molecular complexity index is 407. The highest BCUT2D eigenvalue weighted by Gasteiger charge is 2.19. The fourth-order valence-electron chi connectivity index (χ4n) is 1.90. The molecule has 0 unspecified atom stereocenters. The molecule has 1 rings (SSSR count). The average molecular weight is 272 g/mol. The molecule has 0 heterocycles. The van der Waals surface area contributed by atoms with Crippen molar-refractivity contribution in [3.63, 3.8) is 0 Å². The van der Waals surface area contributed by atoms with Gasteiger partial charge in [0.05, 0.1) is 0 Å². The number of carbonyl (C=O) groups excluding carboxylic acids is 1. The molecule has 0 fully saturated rings. The minimum Gasteiger partial charge on any atom is -0.350 e. The maximum Gasteiger partial charge on any atom is 0.235 e. The van der Waals surface area contributed by atoms with Crippen molar-refractivity contribution in [1.82, 2.24) is 5.32 Å². The first-order valence-corrected chi connectivity index (χ1v) is 6.58. The molecule has 0 aliphatic carbocycles. The van der Waals surface area contributed by atoms with Gasteiger partial charge in [-0.1, -0.05) is 18.2 Å². The van der Waals surface area contributed by atoms with E-state index in [-0.39, 0.29) is 23.1 Å². The highest BCUT2D eigenvalue weighted by atomic mass is 35.5. The number of benzene rings is 1. The van der Waals surface area contributed by atoms with E-state index in [0.29, 0.717) is 6.42 Å². The number of aryl methyl sites for hydroxylation is 1. The van der Waals surface area contributed by atoms with Gasteiger partial charge in [0.2, 0.25) is 5.91 Å². The zero-order chi connectivity index (χ0) is 13.6. The van der Waals surface area contributed by atoms with Crippen LogP contribution in [0.3, 0.4) is 0 Å². The van der Waals surface area contributed by atoms with Crippen LogP contribution in [-0.4, -0.2) is 17.3 Å². The molecule has 1 aromatic rings. The van der Waals surface area contributed by atoms with E-state index in [1.165, 1.54) is 6.07 Å². The van der Waals surface area contributed by atoms with Crippen molar-refractivity contribution in [2.45, 2.75) is 38.6 Å². The smallest absolute Gasteiger partial charge is 0.235 e. The normalized spacial score (nSPS) is 11.3. The van der Waals surface area contributed by atoms with Gasteiger partial charge in [0.25, 0.3) is 0 Å². The minimum atomic E-state index is -0.308. The van der Waals surface area contributed by atoms with Crippen molar-refractivity contribution in [2.24, 2.45) is 0 Å². The van der Waals surface area contributed by atoms with E-state index in [0.717, 1.165) is 18.4 Å². The number of alkyl halides is 1. The van der Waals surface area contributed by atoms with Gasteiger partial charge < -0.3 is 5.32 Å². The molecule has 0 aliphatic heterocycles. The van der Waals surface area contributed by atoms with Crippen molar-refractivity contribution < 1.29 is 9.18 Å². The summed E-state index contributed by atoms with van der Waals surface area (Å²) in [6.07, 6.45) is 2.27. The molecule has 0 atom stereocenters. The predicted molar refractivity (Wildman–Crippen MR) is 72.3 cm³/mol. The number of carbonyl (C=O) groups is 1. The maximum atomic E-state index is 13.4. The van der Waals surface area contributed by atoms with Gasteiger partial charge in [-0.3, -0.25) is 4.79 Å². The van der Waals surface area contributed by atoms with Gasteiger partial charge in [-0.05, 0) is 44.7 Å². The molecule has 0 saturated heterocycles. The molecule has 0 aromatic heterocycles. The Morgan fingerprint density at radius 1 is 1.39 bits per heavy atom. The Morgan fingerprint density at radius 3 is 2.67 bits per heavy atom. The van der Waals surface area contributed by atoms with Crippen LogP contribution < -0.4 is 5.32 Å². The van der Waals surface area contributed by atoms with Gasteiger partial charge in [0.15, 0.2) is 0 Å². The van der Waals surface area contributed by atoms with Crippen molar-refractivity contribution in [2.75, 3.05) is 5.88 Å². The van der Waals surface area contributed by atoms with E-state index in [1.54, 1.807) is 12.1 Å². The monoisotopic (exact) mass is 271 g/mol. The number of rotatable bonds is 6. The van der Waals surface area contributed by atoms with Crippen LogP contribution in [0, 0.1) is 5.82 Å². The molecule has 1 N–H and O–H groups in total. The number of hydrogen-bond donors (Lipinski definition) is 1. The van der Waals surface area contributed by atoms with Crippen LogP contribution in [0.2, 0.25) is 0 Å². The van der Waals surface area contributed by atoms with Gasteiger partial charge in [0, 0.05) is 5.54 Å². The van der Waals surface area contributed by atoms with Crippen LogP contribution in [0.4, 0.5) is 4.39 Å². The third kappa shape index (κ3) is 5.05. The van der Waals surface area contributed by atoms with Crippen LogP contribution >= 0.6 is 11.6 Å². The third-order valence-electron chi connectivity index (χ3n) is 2.80. The minimum absolute atomic E-state index is 0.0310. The summed E-state index contributed by atoms with van der Waals surface area (Å²) < 4.78 is 13.4. The summed E-state index contributed by atoms with van der Waals surface area (Å²) in [5.74, 6) is -0.371. The van der Waals surface area contributed by atoms with E-state index in [9.17, 15) is 9.18 Å². The fraction of sp³-hybridized carbons (Fsp3) is 0.500. The first-order chi connectivity index (χ1) is 8.44. The zero-order valence-electron chi connectivity index (χ0n) is 10.8. The predicted octanol–water partition coefficient (Wildman–Crippen LogP) is 3.28. The molecule has 0 spiro atoms. The molecule has 2 nitrogen and oxygen atoms in total. The lowest BCUT2D eigenvalue weighted by Gasteiger charge is -2.26. The van der Waals surface area contributed by atoms with E-state index in [4.69, 9.17) is 11.6 Å². The lowest BCUT2D eigenvalue weighted by molar-refractivity contribution is -0.120. The van der Waals surface area contributed by atoms with E-state index in [1.807, 2.05) is 19.9 Å². The SMILES string of the molecule is CC(C)(CCCc1ccccc1F)NC(=O)CCl. The third-order valence-corrected chi connectivity index (χ3v) is 3.05. The molecule has 4 heteroatoms. The summed E-state index contributed by atoms with van der Waals surface area (Å²) >= 11 is 5.45. The highest BCUT2D eigenvalue weighted by Crippen LogP contribution is 2.16. The molecule has 0 bridgehead atoms. The summed E-state index contributed by atoms with van der Waals surface area (Å²) in [6.45, 7) is 3.89. The summed E-state index contributed by atoms with van der Waals surface area (Å²) in [4.78, 5) is 11.2. The standard InChI is InChI=1S/C14H19ClFNO/c1-14(2,17-13(18)10-15)9-5-7-11-6-3-4-8-12(11)16/h3-4,6,8H,5,7,9-10H2,1-2H3,(H,17,18). The second-order valence-corrected chi connectivity index (χ2v) is 5.28. The topological polar surface area (TPSA) is 29.1 Å². The summed E-state index contributed by atoms with van der Waals surface area (Å²) in [7, 11) is 0. The maximum absolute atomic E-state index is 13.4. The van der Waals surface area contributed by atoms with Gasteiger partial charge in [-0.15, -0.1) is 11.6 Å². The molecule has 100 valence electrons. The molecular weight excluding hydrogens is 253 g/mol. The van der Waals surface area contributed by atoms with E-state index < -0.39 is 0 Å². The van der Waals surface area contributed by atoms with Crippen LogP contribution in [0.1, 0.15) is 32.3 Å². The number of hydrogen-bond acceptors (Lipinski definition) is 1. The second-order valence-electron chi connectivity index (χ2n) is 5.01. The van der Waals surface area contributed by atoms with Crippen molar-refractivity contribution in [1.29, 1.82) is 0 Å². The quantitative estimate of drug-likeness (QED) is 0.791. The van der Waals surface area contributed by atoms with Crippen LogP contribution in [0.25, 0.3) is 0 Å². The van der Waals surface area contributed by atoms with Gasteiger partial charge in [-0.25, -0.2) is 4.39 Å². The van der Waals surface area contributed by atoms with Crippen molar-refractivity contribution in [3.05, 3.63) is 35.6 Å². The lowest BCUT2D eigenvalue weighted by Crippen LogP contribution is -2.44. The van der Waals surface area contributed by atoms with Gasteiger partial charge in [-0.2, -0.15) is 0 Å². The Labute approximate surface area is 113 Å². The summed E-state index contributed by atoms with van der Waals surface area (Å²) in [6, 6.07) is 6.78. The first-order valence-electron chi connectivity index (χ1n) is 6.05. The van der Waals surface area contributed by atoms with E-state index in [2.05, 4.69) is 5.32 Å². The molecule has 0 aliphatic rings. The van der Waals surface area contributed by atoms with Crippen LogP contribution in [0.15, 0.2) is 24.3 Å². The Balaban J connectivity index is 2.41. The van der Waals surface area contributed by atoms with Crippen molar-refractivity contribution in [3.8, 4) is 0 Å². The Hall–Kier alpha value is -1.09. The molecule has 1 aromatic carbocycles.